The average molecular weight is 221 g/mol. The first-order chi connectivity index (χ1) is 7.58. The molecule has 0 aliphatic rings. The Kier molecular flexibility index (Phi) is 5.50. The van der Waals surface area contributed by atoms with Gasteiger partial charge in [0, 0.05) is 13.1 Å². The normalized spacial score (nSPS) is 13.4. The minimum Gasteiger partial charge on any atom is -0.391 e. The van der Waals surface area contributed by atoms with E-state index in [2.05, 4.69) is 37.9 Å². The van der Waals surface area contributed by atoms with E-state index in [1.807, 2.05) is 18.2 Å². The van der Waals surface area contributed by atoms with Gasteiger partial charge in [0.05, 0.1) is 6.10 Å². The zero-order valence-electron chi connectivity index (χ0n) is 10.6. The highest BCUT2D eigenvalue weighted by Gasteiger charge is 2.09. The van der Waals surface area contributed by atoms with E-state index in [9.17, 15) is 5.11 Å². The van der Waals surface area contributed by atoms with E-state index in [0.29, 0.717) is 5.92 Å². The Morgan fingerprint density at radius 3 is 2.31 bits per heavy atom. The Labute approximate surface area is 98.9 Å². The van der Waals surface area contributed by atoms with E-state index in [0.717, 1.165) is 19.5 Å². The van der Waals surface area contributed by atoms with Crippen LogP contribution in [0.2, 0.25) is 0 Å². The SMILES string of the molecule is CC(C)CN(C)C[C@@H](O)Cc1ccccc1. The topological polar surface area (TPSA) is 23.5 Å². The highest BCUT2D eigenvalue weighted by atomic mass is 16.3. The van der Waals surface area contributed by atoms with E-state index in [1.54, 1.807) is 0 Å². The molecule has 0 bridgehead atoms. The quantitative estimate of drug-likeness (QED) is 0.796. The van der Waals surface area contributed by atoms with Crippen molar-refractivity contribution in [1.29, 1.82) is 0 Å². The van der Waals surface area contributed by atoms with Gasteiger partial charge in [-0.3, -0.25) is 0 Å². The maximum absolute atomic E-state index is 9.94. The van der Waals surface area contributed by atoms with Crippen molar-refractivity contribution in [3.8, 4) is 0 Å². The summed E-state index contributed by atoms with van der Waals surface area (Å²) >= 11 is 0. The lowest BCUT2D eigenvalue weighted by Gasteiger charge is -2.22. The summed E-state index contributed by atoms with van der Waals surface area (Å²) in [5, 5.41) is 9.94. The largest absolute Gasteiger partial charge is 0.391 e. The third-order valence-electron chi connectivity index (χ3n) is 2.51. The van der Waals surface area contributed by atoms with Gasteiger partial charge in [-0.15, -0.1) is 0 Å². The van der Waals surface area contributed by atoms with E-state index in [1.165, 1.54) is 5.56 Å². The standard InChI is InChI=1S/C14H23NO/c1-12(2)10-15(3)11-14(16)9-13-7-5-4-6-8-13/h4-8,12,14,16H,9-11H2,1-3H3/t14-/m0/s1. The van der Waals surface area contributed by atoms with Crippen molar-refractivity contribution >= 4 is 0 Å². The van der Waals surface area contributed by atoms with Gasteiger partial charge in [-0.2, -0.15) is 0 Å². The van der Waals surface area contributed by atoms with Gasteiger partial charge in [-0.1, -0.05) is 44.2 Å². The van der Waals surface area contributed by atoms with Crippen LogP contribution in [-0.2, 0) is 6.42 Å². The van der Waals surface area contributed by atoms with Crippen LogP contribution in [0.5, 0.6) is 0 Å². The zero-order chi connectivity index (χ0) is 12.0. The lowest BCUT2D eigenvalue weighted by molar-refractivity contribution is 0.120. The zero-order valence-corrected chi connectivity index (χ0v) is 10.6. The maximum Gasteiger partial charge on any atom is 0.0707 e. The molecule has 2 heteroatoms. The molecular formula is C14H23NO. The van der Waals surface area contributed by atoms with Crippen LogP contribution in [0.15, 0.2) is 30.3 Å². The van der Waals surface area contributed by atoms with Gasteiger partial charge in [0.1, 0.15) is 0 Å². The Hall–Kier alpha value is -0.860. The van der Waals surface area contributed by atoms with Gasteiger partial charge in [0.2, 0.25) is 0 Å². The van der Waals surface area contributed by atoms with Crippen LogP contribution in [-0.4, -0.2) is 36.2 Å². The van der Waals surface area contributed by atoms with Crippen molar-refractivity contribution in [2.75, 3.05) is 20.1 Å². The Balaban J connectivity index is 2.33. The average Bonchev–Trinajstić information content (AvgIpc) is 2.17. The third kappa shape index (κ3) is 5.29. The first-order valence-electron chi connectivity index (χ1n) is 5.98. The van der Waals surface area contributed by atoms with Crippen molar-refractivity contribution in [1.82, 2.24) is 4.90 Å². The second-order valence-corrected chi connectivity index (χ2v) is 4.96. The van der Waals surface area contributed by atoms with Gasteiger partial charge in [0.25, 0.3) is 0 Å². The van der Waals surface area contributed by atoms with Crippen molar-refractivity contribution in [2.45, 2.75) is 26.4 Å². The van der Waals surface area contributed by atoms with Crippen LogP contribution in [0.25, 0.3) is 0 Å². The second kappa shape index (κ2) is 6.66. The number of benzene rings is 1. The molecule has 1 rings (SSSR count). The molecule has 1 atom stereocenters. The van der Waals surface area contributed by atoms with Crippen molar-refractivity contribution in [3.63, 3.8) is 0 Å². The molecule has 0 unspecified atom stereocenters. The molecule has 0 aliphatic carbocycles. The smallest absolute Gasteiger partial charge is 0.0707 e. The van der Waals surface area contributed by atoms with E-state index in [4.69, 9.17) is 0 Å². The molecular weight excluding hydrogens is 198 g/mol. The van der Waals surface area contributed by atoms with Crippen molar-refractivity contribution in [3.05, 3.63) is 35.9 Å². The fraction of sp³-hybridized carbons (Fsp3) is 0.571. The molecule has 0 aromatic heterocycles. The summed E-state index contributed by atoms with van der Waals surface area (Å²) in [6.45, 7) is 6.17. The fourth-order valence-corrected chi connectivity index (χ4v) is 2.01. The van der Waals surface area contributed by atoms with Crippen LogP contribution >= 0.6 is 0 Å². The van der Waals surface area contributed by atoms with Crippen molar-refractivity contribution in [2.24, 2.45) is 5.92 Å². The molecule has 1 N–H and O–H groups in total. The number of hydrogen-bond acceptors (Lipinski definition) is 2. The molecule has 0 radical (unpaired) electrons. The van der Waals surface area contributed by atoms with Crippen molar-refractivity contribution < 1.29 is 5.11 Å². The summed E-state index contributed by atoms with van der Waals surface area (Å²) in [6.07, 6.45) is 0.467. The van der Waals surface area contributed by atoms with E-state index in [-0.39, 0.29) is 6.10 Å². The Morgan fingerprint density at radius 1 is 1.12 bits per heavy atom. The maximum atomic E-state index is 9.94. The molecule has 0 aliphatic heterocycles. The van der Waals surface area contributed by atoms with Gasteiger partial charge < -0.3 is 10.0 Å². The first kappa shape index (κ1) is 13.2. The van der Waals surface area contributed by atoms with Gasteiger partial charge in [0.15, 0.2) is 0 Å². The summed E-state index contributed by atoms with van der Waals surface area (Å²) in [6, 6.07) is 10.2. The molecule has 0 heterocycles. The van der Waals surface area contributed by atoms with E-state index >= 15 is 0 Å². The monoisotopic (exact) mass is 221 g/mol. The number of likely N-dealkylation sites (N-methyl/N-ethyl adjacent to an activating group) is 1. The summed E-state index contributed by atoms with van der Waals surface area (Å²) in [5.74, 6) is 0.647. The van der Waals surface area contributed by atoms with Crippen LogP contribution < -0.4 is 0 Å². The molecule has 0 spiro atoms. The molecule has 1 aromatic rings. The fourth-order valence-electron chi connectivity index (χ4n) is 2.01. The molecule has 0 amide bonds. The second-order valence-electron chi connectivity index (χ2n) is 4.96. The highest BCUT2D eigenvalue weighted by Crippen LogP contribution is 2.05. The number of aliphatic hydroxyl groups is 1. The molecule has 0 fully saturated rings. The van der Waals surface area contributed by atoms with Gasteiger partial charge >= 0.3 is 0 Å². The number of nitrogens with zero attached hydrogens (tertiary/aromatic N) is 1. The first-order valence-corrected chi connectivity index (χ1v) is 5.98. The molecule has 0 saturated carbocycles. The van der Waals surface area contributed by atoms with E-state index < -0.39 is 0 Å². The minimum atomic E-state index is -0.272. The van der Waals surface area contributed by atoms with Crippen LogP contribution in [0.1, 0.15) is 19.4 Å². The predicted octanol–water partition coefficient (Wildman–Crippen LogP) is 2.18. The van der Waals surface area contributed by atoms with Crippen LogP contribution in [0.3, 0.4) is 0 Å². The predicted molar refractivity (Wildman–Crippen MR) is 68.5 cm³/mol. The van der Waals surface area contributed by atoms with Gasteiger partial charge in [-0.25, -0.2) is 0 Å². The summed E-state index contributed by atoms with van der Waals surface area (Å²) in [7, 11) is 2.06. The highest BCUT2D eigenvalue weighted by molar-refractivity contribution is 5.15. The summed E-state index contributed by atoms with van der Waals surface area (Å²) in [5.41, 5.74) is 1.20. The molecule has 16 heavy (non-hydrogen) atoms. The molecule has 1 aromatic carbocycles. The number of rotatable bonds is 6. The summed E-state index contributed by atoms with van der Waals surface area (Å²) in [4.78, 5) is 2.19. The molecule has 0 saturated heterocycles. The van der Waals surface area contributed by atoms with Crippen LogP contribution in [0, 0.1) is 5.92 Å². The molecule has 2 nitrogen and oxygen atoms in total. The Bertz CT molecular complexity index is 284. The number of hydrogen-bond donors (Lipinski definition) is 1. The summed E-state index contributed by atoms with van der Waals surface area (Å²) < 4.78 is 0. The third-order valence-corrected chi connectivity index (χ3v) is 2.51. The van der Waals surface area contributed by atoms with Gasteiger partial charge in [-0.05, 0) is 24.9 Å². The Morgan fingerprint density at radius 2 is 1.75 bits per heavy atom. The molecule has 90 valence electrons. The minimum absolute atomic E-state index is 0.272. The number of aliphatic hydroxyl groups excluding tert-OH is 1. The van der Waals surface area contributed by atoms with Crippen LogP contribution in [0.4, 0.5) is 0 Å². The lowest BCUT2D eigenvalue weighted by atomic mass is 10.1. The lowest BCUT2D eigenvalue weighted by Crippen LogP contribution is -2.32.